The zero-order chi connectivity index (χ0) is 16.4. The predicted octanol–water partition coefficient (Wildman–Crippen LogP) is 3.10. The van der Waals surface area contributed by atoms with Gasteiger partial charge in [-0.15, -0.1) is 0 Å². The van der Waals surface area contributed by atoms with E-state index in [1.54, 1.807) is 13.3 Å². The molecule has 0 radical (unpaired) electrons. The minimum Gasteiger partial charge on any atom is -0.339 e. The Balaban J connectivity index is 1.52. The summed E-state index contributed by atoms with van der Waals surface area (Å²) in [6.45, 7) is 1.90. The molecule has 3 heterocycles. The highest BCUT2D eigenvalue weighted by atomic mass is 16.7. The molecule has 2 aromatic heterocycles. The molecule has 24 heavy (non-hydrogen) atoms. The van der Waals surface area contributed by atoms with Crippen LogP contribution in [0.4, 0.5) is 0 Å². The molecule has 124 valence electrons. The SMILES string of the molecule is CON1CCC(Cc2nc(-c3nccc4ccccc34)no2)CC1. The van der Waals surface area contributed by atoms with Crippen molar-refractivity contribution in [3.63, 3.8) is 0 Å². The Hall–Kier alpha value is -2.31. The molecular weight excluding hydrogens is 304 g/mol. The number of rotatable bonds is 4. The van der Waals surface area contributed by atoms with Crippen LogP contribution in [0, 0.1) is 5.92 Å². The van der Waals surface area contributed by atoms with Crippen molar-refractivity contribution in [3.8, 4) is 11.5 Å². The lowest BCUT2D eigenvalue weighted by Gasteiger charge is -2.29. The van der Waals surface area contributed by atoms with Gasteiger partial charge in [0.25, 0.3) is 0 Å². The second kappa shape index (κ2) is 6.67. The third-order valence-corrected chi connectivity index (χ3v) is 4.65. The van der Waals surface area contributed by atoms with E-state index in [1.165, 1.54) is 0 Å². The zero-order valence-electron chi connectivity index (χ0n) is 13.7. The van der Waals surface area contributed by atoms with Crippen LogP contribution < -0.4 is 0 Å². The Labute approximate surface area is 140 Å². The average Bonchev–Trinajstić information content (AvgIpc) is 3.10. The summed E-state index contributed by atoms with van der Waals surface area (Å²) in [6.07, 6.45) is 4.76. The largest absolute Gasteiger partial charge is 0.339 e. The first-order valence-electron chi connectivity index (χ1n) is 8.29. The molecule has 1 aliphatic rings. The maximum Gasteiger partial charge on any atom is 0.227 e. The third-order valence-electron chi connectivity index (χ3n) is 4.65. The summed E-state index contributed by atoms with van der Waals surface area (Å²) in [6, 6.07) is 10.1. The maximum atomic E-state index is 5.48. The van der Waals surface area contributed by atoms with Crippen molar-refractivity contribution in [2.45, 2.75) is 19.3 Å². The summed E-state index contributed by atoms with van der Waals surface area (Å²) < 4.78 is 5.48. The standard InChI is InChI=1S/C18H20N4O2/c1-23-22-10-7-13(8-11-22)12-16-20-18(21-24-16)17-15-5-3-2-4-14(15)6-9-19-17/h2-6,9,13H,7-8,10-12H2,1H3. The molecule has 0 unspecified atom stereocenters. The summed E-state index contributed by atoms with van der Waals surface area (Å²) in [4.78, 5) is 14.3. The van der Waals surface area contributed by atoms with E-state index in [-0.39, 0.29) is 0 Å². The van der Waals surface area contributed by atoms with Gasteiger partial charge >= 0.3 is 0 Å². The van der Waals surface area contributed by atoms with E-state index in [9.17, 15) is 0 Å². The second-order valence-electron chi connectivity index (χ2n) is 6.15. The van der Waals surface area contributed by atoms with Crippen LogP contribution in [-0.4, -0.2) is 40.4 Å². The fourth-order valence-corrected chi connectivity index (χ4v) is 3.27. The van der Waals surface area contributed by atoms with Crippen molar-refractivity contribution in [1.82, 2.24) is 20.2 Å². The van der Waals surface area contributed by atoms with Crippen LogP contribution >= 0.6 is 0 Å². The van der Waals surface area contributed by atoms with Crippen LogP contribution in [0.3, 0.4) is 0 Å². The van der Waals surface area contributed by atoms with Gasteiger partial charge in [-0.1, -0.05) is 29.4 Å². The minimum absolute atomic E-state index is 0.560. The van der Waals surface area contributed by atoms with Crippen molar-refractivity contribution >= 4 is 10.8 Å². The fraction of sp³-hybridized carbons (Fsp3) is 0.389. The average molecular weight is 324 g/mol. The number of benzene rings is 1. The van der Waals surface area contributed by atoms with Crippen molar-refractivity contribution in [1.29, 1.82) is 0 Å². The molecule has 0 saturated carbocycles. The van der Waals surface area contributed by atoms with E-state index in [1.807, 2.05) is 29.3 Å². The van der Waals surface area contributed by atoms with Crippen LogP contribution in [0.15, 0.2) is 41.1 Å². The lowest BCUT2D eigenvalue weighted by atomic mass is 9.94. The van der Waals surface area contributed by atoms with Crippen LogP contribution in [0.5, 0.6) is 0 Å². The van der Waals surface area contributed by atoms with Crippen LogP contribution in [0.1, 0.15) is 18.7 Å². The van der Waals surface area contributed by atoms with Gasteiger partial charge < -0.3 is 9.36 Å². The quantitative estimate of drug-likeness (QED) is 0.735. The second-order valence-corrected chi connectivity index (χ2v) is 6.15. The summed E-state index contributed by atoms with van der Waals surface area (Å²) in [5.74, 6) is 1.82. The van der Waals surface area contributed by atoms with E-state index >= 15 is 0 Å². The molecule has 0 amide bonds. The number of pyridine rings is 1. The molecule has 1 saturated heterocycles. The van der Waals surface area contributed by atoms with Crippen molar-refractivity contribution in [2.75, 3.05) is 20.2 Å². The van der Waals surface area contributed by atoms with E-state index in [2.05, 4.69) is 21.2 Å². The number of hydrogen-bond donors (Lipinski definition) is 0. The normalized spacial score (nSPS) is 16.7. The molecule has 4 rings (SSSR count). The van der Waals surface area contributed by atoms with Crippen molar-refractivity contribution < 1.29 is 9.36 Å². The molecule has 1 aromatic carbocycles. The first kappa shape index (κ1) is 15.2. The molecule has 0 N–H and O–H groups in total. The Morgan fingerprint density at radius 3 is 2.88 bits per heavy atom. The lowest BCUT2D eigenvalue weighted by molar-refractivity contribution is -0.148. The Kier molecular flexibility index (Phi) is 4.23. The summed E-state index contributed by atoms with van der Waals surface area (Å²) >= 11 is 0. The van der Waals surface area contributed by atoms with Gasteiger partial charge in [0.15, 0.2) is 0 Å². The van der Waals surface area contributed by atoms with E-state index in [0.717, 1.165) is 48.8 Å². The van der Waals surface area contributed by atoms with Gasteiger partial charge in [-0.3, -0.25) is 4.98 Å². The molecule has 0 bridgehead atoms. The number of piperidine rings is 1. The van der Waals surface area contributed by atoms with Gasteiger partial charge in [0.2, 0.25) is 11.7 Å². The minimum atomic E-state index is 0.560. The first-order valence-corrected chi connectivity index (χ1v) is 8.29. The number of hydroxylamine groups is 2. The third kappa shape index (κ3) is 3.02. The topological polar surface area (TPSA) is 64.3 Å². The smallest absolute Gasteiger partial charge is 0.227 e. The monoisotopic (exact) mass is 324 g/mol. The Morgan fingerprint density at radius 1 is 1.21 bits per heavy atom. The van der Waals surface area contributed by atoms with E-state index < -0.39 is 0 Å². The van der Waals surface area contributed by atoms with Crippen molar-refractivity contribution in [2.24, 2.45) is 5.92 Å². The molecule has 3 aromatic rings. The number of aromatic nitrogens is 3. The molecule has 0 atom stereocenters. The number of hydrogen-bond acceptors (Lipinski definition) is 6. The van der Waals surface area contributed by atoms with Crippen LogP contribution in [0.2, 0.25) is 0 Å². The summed E-state index contributed by atoms with van der Waals surface area (Å²) in [5, 5.41) is 8.31. The van der Waals surface area contributed by atoms with E-state index in [4.69, 9.17) is 9.36 Å². The molecule has 1 fully saturated rings. The fourth-order valence-electron chi connectivity index (χ4n) is 3.27. The highest BCUT2D eigenvalue weighted by Gasteiger charge is 2.22. The Bertz CT molecular complexity index is 819. The number of nitrogens with zero attached hydrogens (tertiary/aromatic N) is 4. The molecule has 6 heteroatoms. The molecular formula is C18H20N4O2. The first-order chi connectivity index (χ1) is 11.8. The zero-order valence-corrected chi connectivity index (χ0v) is 13.7. The van der Waals surface area contributed by atoms with Gasteiger partial charge in [-0.2, -0.15) is 10.0 Å². The van der Waals surface area contributed by atoms with Crippen LogP contribution in [-0.2, 0) is 11.3 Å². The highest BCUT2D eigenvalue weighted by molar-refractivity contribution is 5.92. The van der Waals surface area contributed by atoms with Crippen molar-refractivity contribution in [3.05, 3.63) is 42.4 Å². The van der Waals surface area contributed by atoms with Gasteiger partial charge in [0, 0.05) is 31.1 Å². The summed E-state index contributed by atoms with van der Waals surface area (Å²) in [7, 11) is 1.72. The van der Waals surface area contributed by atoms with Gasteiger partial charge in [-0.05, 0) is 30.2 Å². The molecule has 6 nitrogen and oxygen atoms in total. The predicted molar refractivity (Wildman–Crippen MR) is 90.0 cm³/mol. The molecule has 0 spiro atoms. The molecule has 0 aliphatic carbocycles. The lowest BCUT2D eigenvalue weighted by Crippen LogP contribution is -2.33. The number of fused-ring (bicyclic) bond motifs is 1. The molecule has 1 aliphatic heterocycles. The highest BCUT2D eigenvalue weighted by Crippen LogP contribution is 2.26. The summed E-state index contributed by atoms with van der Waals surface area (Å²) in [5.41, 5.74) is 0.775. The van der Waals surface area contributed by atoms with Gasteiger partial charge in [-0.25, -0.2) is 0 Å². The van der Waals surface area contributed by atoms with Crippen LogP contribution in [0.25, 0.3) is 22.3 Å². The van der Waals surface area contributed by atoms with Gasteiger partial charge in [0.05, 0.1) is 7.11 Å². The van der Waals surface area contributed by atoms with Gasteiger partial charge in [0.1, 0.15) is 5.69 Å². The maximum absolute atomic E-state index is 5.48. The Morgan fingerprint density at radius 2 is 2.04 bits per heavy atom. The van der Waals surface area contributed by atoms with E-state index in [0.29, 0.717) is 17.6 Å².